The highest BCUT2D eigenvalue weighted by atomic mass is 16.7. The Morgan fingerprint density at radius 2 is 1.22 bits per heavy atom. The zero-order valence-corrected chi connectivity index (χ0v) is 28.1. The number of esters is 2. The molecule has 0 aromatic carbocycles. The number of carbonyl (C=O) groups is 2. The molecule has 45 heavy (non-hydrogen) atoms. The van der Waals surface area contributed by atoms with Crippen molar-refractivity contribution in [2.24, 2.45) is 0 Å². The third-order valence-corrected chi connectivity index (χ3v) is 8.13. The lowest BCUT2D eigenvalue weighted by atomic mass is 9.99. The van der Waals surface area contributed by atoms with Crippen LogP contribution in [0, 0.1) is 0 Å². The quantitative estimate of drug-likeness (QED) is 0.0477. The molecule has 10 heteroatoms. The Hall–Kier alpha value is -1.56. The fourth-order valence-electron chi connectivity index (χ4n) is 5.25. The Bertz CT molecular complexity index is 759. The number of unbranched alkanes of at least 4 members (excludes halogenated alkanes) is 15. The number of allylic oxidation sites excluding steroid dienone is 2. The van der Waals surface area contributed by atoms with Gasteiger partial charge in [0.05, 0.1) is 13.2 Å². The van der Waals surface area contributed by atoms with Gasteiger partial charge in [-0.25, -0.2) is 0 Å². The number of hydrogen-bond donors (Lipinski definition) is 4. The fourth-order valence-corrected chi connectivity index (χ4v) is 5.25. The molecule has 0 spiro atoms. The van der Waals surface area contributed by atoms with Gasteiger partial charge in [-0.3, -0.25) is 9.59 Å². The minimum absolute atomic E-state index is 0.217. The topological polar surface area (TPSA) is 152 Å². The van der Waals surface area contributed by atoms with Gasteiger partial charge in [0.2, 0.25) is 0 Å². The molecule has 0 aromatic rings. The van der Waals surface area contributed by atoms with E-state index in [9.17, 15) is 30.0 Å². The number of aliphatic hydroxyl groups excluding tert-OH is 4. The van der Waals surface area contributed by atoms with E-state index in [0.717, 1.165) is 64.2 Å². The maximum atomic E-state index is 12.6. The van der Waals surface area contributed by atoms with Crippen molar-refractivity contribution in [2.45, 2.75) is 179 Å². The lowest BCUT2D eigenvalue weighted by Gasteiger charge is -2.39. The van der Waals surface area contributed by atoms with Crippen LogP contribution in [0.3, 0.4) is 0 Å². The van der Waals surface area contributed by atoms with Crippen molar-refractivity contribution in [2.75, 3.05) is 19.8 Å². The molecule has 0 bridgehead atoms. The summed E-state index contributed by atoms with van der Waals surface area (Å²) < 4.78 is 21.9. The molecule has 1 aliphatic rings. The molecular weight excluding hydrogens is 580 g/mol. The van der Waals surface area contributed by atoms with Crippen LogP contribution in [-0.4, -0.2) is 89.0 Å². The molecule has 0 radical (unpaired) electrons. The lowest BCUT2D eigenvalue weighted by molar-refractivity contribution is -0.305. The Kier molecular flexibility index (Phi) is 25.4. The molecule has 0 aliphatic carbocycles. The fraction of sp³-hybridized carbons (Fsp3) is 0.886. The number of carbonyl (C=O) groups excluding carboxylic acids is 2. The van der Waals surface area contributed by atoms with Gasteiger partial charge in [-0.15, -0.1) is 0 Å². The number of aliphatic hydroxyl groups is 4. The first-order chi connectivity index (χ1) is 21.8. The summed E-state index contributed by atoms with van der Waals surface area (Å²) in [4.78, 5) is 25.0. The number of rotatable bonds is 28. The highest BCUT2D eigenvalue weighted by Crippen LogP contribution is 2.22. The van der Waals surface area contributed by atoms with E-state index in [2.05, 4.69) is 26.0 Å². The average Bonchev–Trinajstić information content (AvgIpc) is 3.03. The second kappa shape index (κ2) is 27.5. The molecule has 0 aromatic heterocycles. The van der Waals surface area contributed by atoms with E-state index in [-0.39, 0.29) is 32.0 Å². The smallest absolute Gasteiger partial charge is 0.306 e. The minimum atomic E-state index is -1.59. The molecule has 6 atom stereocenters. The van der Waals surface area contributed by atoms with E-state index in [0.29, 0.717) is 6.42 Å². The largest absolute Gasteiger partial charge is 0.462 e. The molecule has 1 aliphatic heterocycles. The summed E-state index contributed by atoms with van der Waals surface area (Å²) in [6, 6.07) is 0. The maximum absolute atomic E-state index is 12.6. The van der Waals surface area contributed by atoms with Gasteiger partial charge in [-0.05, 0) is 32.1 Å². The van der Waals surface area contributed by atoms with Crippen molar-refractivity contribution < 1.29 is 49.0 Å². The van der Waals surface area contributed by atoms with Crippen LogP contribution in [0.25, 0.3) is 0 Å². The van der Waals surface area contributed by atoms with Crippen LogP contribution in [-0.2, 0) is 28.5 Å². The number of hydrogen-bond acceptors (Lipinski definition) is 10. The summed E-state index contributed by atoms with van der Waals surface area (Å²) >= 11 is 0. The highest BCUT2D eigenvalue weighted by molar-refractivity contribution is 5.70. The van der Waals surface area contributed by atoms with Crippen LogP contribution in [0.1, 0.15) is 142 Å². The molecule has 264 valence electrons. The molecule has 1 saturated heterocycles. The molecule has 10 nitrogen and oxygen atoms in total. The van der Waals surface area contributed by atoms with Gasteiger partial charge in [-0.1, -0.05) is 109 Å². The van der Waals surface area contributed by atoms with E-state index in [1.165, 1.54) is 44.9 Å². The zero-order chi connectivity index (χ0) is 33.1. The van der Waals surface area contributed by atoms with Crippen LogP contribution in [0.5, 0.6) is 0 Å². The van der Waals surface area contributed by atoms with Crippen molar-refractivity contribution in [1.29, 1.82) is 0 Å². The predicted octanol–water partition coefficient (Wildman–Crippen LogP) is 5.66. The molecule has 0 amide bonds. The van der Waals surface area contributed by atoms with E-state index in [1.54, 1.807) is 0 Å². The molecule has 1 fully saturated rings. The van der Waals surface area contributed by atoms with Gasteiger partial charge in [0.1, 0.15) is 31.0 Å². The van der Waals surface area contributed by atoms with E-state index >= 15 is 0 Å². The van der Waals surface area contributed by atoms with Gasteiger partial charge in [0.15, 0.2) is 12.4 Å². The second-order valence-corrected chi connectivity index (χ2v) is 12.3. The molecule has 6 unspecified atom stereocenters. The highest BCUT2D eigenvalue weighted by Gasteiger charge is 2.44. The van der Waals surface area contributed by atoms with Crippen molar-refractivity contribution >= 4 is 11.9 Å². The third-order valence-electron chi connectivity index (χ3n) is 8.13. The SMILES string of the molecule is CCC/C=C\CCCCCCCC(=O)OC(COC(=O)CCCCCCCCCCCC)COC1OC(CO)C(O)C(O)C1O. The number of ether oxygens (including phenoxy) is 4. The van der Waals surface area contributed by atoms with Crippen molar-refractivity contribution in [3.05, 3.63) is 12.2 Å². The van der Waals surface area contributed by atoms with Crippen LogP contribution in [0.4, 0.5) is 0 Å². The summed E-state index contributed by atoms with van der Waals surface area (Å²) in [5.41, 5.74) is 0. The Balaban J connectivity index is 2.45. The summed E-state index contributed by atoms with van der Waals surface area (Å²) in [6.45, 7) is 3.30. The van der Waals surface area contributed by atoms with Gasteiger partial charge in [0.25, 0.3) is 0 Å². The molecule has 4 N–H and O–H groups in total. The summed E-state index contributed by atoms with van der Waals surface area (Å²) in [6.07, 6.45) is 16.7. The Labute approximate surface area is 271 Å². The summed E-state index contributed by atoms with van der Waals surface area (Å²) in [7, 11) is 0. The van der Waals surface area contributed by atoms with Gasteiger partial charge in [0, 0.05) is 12.8 Å². The van der Waals surface area contributed by atoms with Crippen LogP contribution in [0.15, 0.2) is 12.2 Å². The minimum Gasteiger partial charge on any atom is -0.462 e. The summed E-state index contributed by atoms with van der Waals surface area (Å²) in [5, 5.41) is 39.7. The first kappa shape index (κ1) is 41.5. The lowest BCUT2D eigenvalue weighted by Crippen LogP contribution is -2.59. The van der Waals surface area contributed by atoms with Gasteiger partial charge >= 0.3 is 11.9 Å². The molecular formula is C35H64O10. The average molecular weight is 645 g/mol. The monoisotopic (exact) mass is 644 g/mol. The van der Waals surface area contributed by atoms with Gasteiger partial charge in [-0.2, -0.15) is 0 Å². The Morgan fingerprint density at radius 1 is 0.667 bits per heavy atom. The van der Waals surface area contributed by atoms with E-state index < -0.39 is 49.4 Å². The van der Waals surface area contributed by atoms with Crippen molar-refractivity contribution in [3.8, 4) is 0 Å². The predicted molar refractivity (Wildman–Crippen MR) is 173 cm³/mol. The standard InChI is InChI=1S/C35H64O10/c1-3-5-7-9-11-13-15-17-19-21-23-30(37)42-26-28(27-43-35-34(41)33(40)32(39)29(25-36)45-35)44-31(38)24-22-20-18-16-14-12-10-8-6-4-2/h8,10,28-29,32-36,39-41H,3-7,9,11-27H2,1-2H3/b10-8-. The molecule has 1 rings (SSSR count). The Morgan fingerprint density at radius 3 is 1.82 bits per heavy atom. The third kappa shape index (κ3) is 20.3. The van der Waals surface area contributed by atoms with Crippen LogP contribution >= 0.6 is 0 Å². The van der Waals surface area contributed by atoms with Gasteiger partial charge < -0.3 is 39.4 Å². The van der Waals surface area contributed by atoms with Crippen molar-refractivity contribution in [1.82, 2.24) is 0 Å². The molecule has 1 heterocycles. The first-order valence-electron chi connectivity index (χ1n) is 17.8. The maximum Gasteiger partial charge on any atom is 0.306 e. The van der Waals surface area contributed by atoms with E-state index in [4.69, 9.17) is 18.9 Å². The van der Waals surface area contributed by atoms with Crippen LogP contribution < -0.4 is 0 Å². The van der Waals surface area contributed by atoms with Crippen molar-refractivity contribution in [3.63, 3.8) is 0 Å². The molecule has 0 saturated carbocycles. The summed E-state index contributed by atoms with van der Waals surface area (Å²) in [5.74, 6) is -0.821. The van der Waals surface area contributed by atoms with Crippen LogP contribution in [0.2, 0.25) is 0 Å². The zero-order valence-electron chi connectivity index (χ0n) is 28.1. The first-order valence-corrected chi connectivity index (χ1v) is 17.8. The second-order valence-electron chi connectivity index (χ2n) is 12.3. The normalized spacial score (nSPS) is 22.5. The van der Waals surface area contributed by atoms with E-state index in [1.807, 2.05) is 0 Å².